The number of hydrogen-bond donors (Lipinski definition) is 0. The minimum atomic E-state index is 0.637. The molecule has 68 valence electrons. The van der Waals surface area contributed by atoms with Crippen molar-refractivity contribution in [1.82, 2.24) is 0 Å². The molecule has 0 heterocycles. The smallest absolute Gasteiger partial charge is 0.0193 e. The van der Waals surface area contributed by atoms with E-state index in [0.29, 0.717) is 5.92 Å². The van der Waals surface area contributed by atoms with Gasteiger partial charge in [0.2, 0.25) is 0 Å². The highest BCUT2D eigenvalue weighted by Crippen LogP contribution is 2.17. The van der Waals surface area contributed by atoms with Gasteiger partial charge in [0.05, 0.1) is 0 Å². The molecule has 0 amide bonds. The molecule has 0 spiro atoms. The molecule has 1 atom stereocenters. The molecule has 0 nitrogen and oxygen atoms in total. The summed E-state index contributed by atoms with van der Waals surface area (Å²) in [6.45, 7) is 12.4. The van der Waals surface area contributed by atoms with Crippen LogP contribution in [0.2, 0.25) is 0 Å². The number of hydrogen-bond acceptors (Lipinski definition) is 0. The van der Waals surface area contributed by atoms with Gasteiger partial charge in [-0.05, 0) is 31.8 Å². The first-order chi connectivity index (χ1) is 5.61. The van der Waals surface area contributed by atoms with Gasteiger partial charge in [-0.1, -0.05) is 44.2 Å². The monoisotopic (exact) mass is 164 g/mol. The van der Waals surface area contributed by atoms with Crippen molar-refractivity contribution in [1.29, 1.82) is 0 Å². The van der Waals surface area contributed by atoms with E-state index in [-0.39, 0.29) is 0 Å². The maximum atomic E-state index is 3.72. The van der Waals surface area contributed by atoms with E-state index in [0.717, 1.165) is 0 Å². The summed E-state index contributed by atoms with van der Waals surface area (Å²) in [4.78, 5) is 0. The SMILES string of the molecule is C=CC=C(C=C(C)C)C(C)CC. The summed E-state index contributed by atoms with van der Waals surface area (Å²) in [7, 11) is 0. The third kappa shape index (κ3) is 4.17. The molecule has 12 heavy (non-hydrogen) atoms. The first-order valence-corrected chi connectivity index (χ1v) is 4.59. The molecule has 0 aliphatic carbocycles. The summed E-state index contributed by atoms with van der Waals surface area (Å²) in [5, 5.41) is 0. The average molecular weight is 164 g/mol. The van der Waals surface area contributed by atoms with E-state index in [2.05, 4.69) is 46.4 Å². The van der Waals surface area contributed by atoms with E-state index < -0.39 is 0 Å². The number of allylic oxidation sites excluding steroid dienone is 5. The van der Waals surface area contributed by atoms with Crippen LogP contribution in [-0.2, 0) is 0 Å². The van der Waals surface area contributed by atoms with E-state index in [4.69, 9.17) is 0 Å². The molecule has 0 aromatic carbocycles. The normalized spacial score (nSPS) is 13.8. The zero-order chi connectivity index (χ0) is 9.56. The Morgan fingerprint density at radius 2 is 2.00 bits per heavy atom. The second-order valence-electron chi connectivity index (χ2n) is 3.43. The van der Waals surface area contributed by atoms with Crippen LogP contribution in [0.15, 0.2) is 36.0 Å². The van der Waals surface area contributed by atoms with Crippen molar-refractivity contribution in [3.63, 3.8) is 0 Å². The van der Waals surface area contributed by atoms with Crippen molar-refractivity contribution in [3.8, 4) is 0 Å². The lowest BCUT2D eigenvalue weighted by atomic mass is 9.96. The molecule has 0 heteroatoms. The van der Waals surface area contributed by atoms with Gasteiger partial charge in [0.25, 0.3) is 0 Å². The maximum absolute atomic E-state index is 3.72. The summed E-state index contributed by atoms with van der Waals surface area (Å²) < 4.78 is 0. The van der Waals surface area contributed by atoms with Gasteiger partial charge in [-0.25, -0.2) is 0 Å². The predicted octanol–water partition coefficient (Wildman–Crippen LogP) is 4.11. The van der Waals surface area contributed by atoms with Gasteiger partial charge in [0.1, 0.15) is 0 Å². The standard InChI is InChI=1S/C12H20/c1-6-8-12(9-10(3)4)11(5)7-2/h6,8-9,11H,1,7H2,2-5H3. The third-order valence-corrected chi connectivity index (χ3v) is 1.95. The lowest BCUT2D eigenvalue weighted by Crippen LogP contribution is -1.94. The molecule has 0 saturated heterocycles. The summed E-state index contributed by atoms with van der Waals surface area (Å²) >= 11 is 0. The molecule has 0 N–H and O–H groups in total. The van der Waals surface area contributed by atoms with E-state index >= 15 is 0 Å². The van der Waals surface area contributed by atoms with Crippen LogP contribution in [0.25, 0.3) is 0 Å². The summed E-state index contributed by atoms with van der Waals surface area (Å²) in [5.74, 6) is 0.637. The predicted molar refractivity (Wildman–Crippen MR) is 57.2 cm³/mol. The molecule has 0 fully saturated rings. The summed E-state index contributed by atoms with van der Waals surface area (Å²) in [6.07, 6.45) is 7.38. The Morgan fingerprint density at radius 1 is 1.42 bits per heavy atom. The Balaban J connectivity index is 4.56. The fourth-order valence-electron chi connectivity index (χ4n) is 1.06. The average Bonchev–Trinajstić information content (AvgIpc) is 2.01. The van der Waals surface area contributed by atoms with Gasteiger partial charge in [0, 0.05) is 0 Å². The van der Waals surface area contributed by atoms with Crippen LogP contribution in [-0.4, -0.2) is 0 Å². The molecule has 0 aromatic rings. The first-order valence-electron chi connectivity index (χ1n) is 4.59. The zero-order valence-electron chi connectivity index (χ0n) is 8.72. The van der Waals surface area contributed by atoms with Crippen LogP contribution in [0.4, 0.5) is 0 Å². The second-order valence-corrected chi connectivity index (χ2v) is 3.43. The van der Waals surface area contributed by atoms with Gasteiger partial charge in [0.15, 0.2) is 0 Å². The second kappa shape index (κ2) is 5.82. The van der Waals surface area contributed by atoms with Gasteiger partial charge >= 0.3 is 0 Å². The lowest BCUT2D eigenvalue weighted by Gasteiger charge is -2.09. The van der Waals surface area contributed by atoms with Gasteiger partial charge in [-0.2, -0.15) is 0 Å². The van der Waals surface area contributed by atoms with Crippen LogP contribution in [0, 0.1) is 5.92 Å². The van der Waals surface area contributed by atoms with Crippen molar-refractivity contribution >= 4 is 0 Å². The van der Waals surface area contributed by atoms with Crippen LogP contribution >= 0.6 is 0 Å². The maximum Gasteiger partial charge on any atom is -0.0193 e. The third-order valence-electron chi connectivity index (χ3n) is 1.95. The molecular weight excluding hydrogens is 144 g/mol. The zero-order valence-corrected chi connectivity index (χ0v) is 8.72. The van der Waals surface area contributed by atoms with Crippen LogP contribution in [0.3, 0.4) is 0 Å². The first kappa shape index (κ1) is 11.2. The molecule has 1 unspecified atom stereocenters. The van der Waals surface area contributed by atoms with Crippen molar-refractivity contribution in [3.05, 3.63) is 36.0 Å². The highest BCUT2D eigenvalue weighted by atomic mass is 14.1. The molecule has 0 aliphatic heterocycles. The molecular formula is C12H20. The highest BCUT2D eigenvalue weighted by molar-refractivity contribution is 5.27. The fourth-order valence-corrected chi connectivity index (χ4v) is 1.06. The lowest BCUT2D eigenvalue weighted by molar-refractivity contribution is 0.669. The van der Waals surface area contributed by atoms with E-state index in [1.807, 2.05) is 6.08 Å². The molecule has 0 saturated carbocycles. The largest absolute Gasteiger partial charge is 0.0991 e. The fraction of sp³-hybridized carbons (Fsp3) is 0.500. The van der Waals surface area contributed by atoms with Gasteiger partial charge in [-0.15, -0.1) is 0 Å². The Hall–Kier alpha value is -0.780. The van der Waals surface area contributed by atoms with Crippen molar-refractivity contribution in [2.24, 2.45) is 5.92 Å². The molecule has 0 aromatic heterocycles. The minimum Gasteiger partial charge on any atom is -0.0991 e. The molecule has 0 radical (unpaired) electrons. The Morgan fingerprint density at radius 3 is 2.33 bits per heavy atom. The van der Waals surface area contributed by atoms with Crippen LogP contribution in [0.5, 0.6) is 0 Å². The Labute approximate surface area is 76.7 Å². The molecule has 0 aliphatic rings. The van der Waals surface area contributed by atoms with Crippen molar-refractivity contribution in [2.45, 2.75) is 34.1 Å². The van der Waals surface area contributed by atoms with Crippen LogP contribution < -0.4 is 0 Å². The Kier molecular flexibility index (Phi) is 5.44. The van der Waals surface area contributed by atoms with E-state index in [9.17, 15) is 0 Å². The Bertz CT molecular complexity index is 190. The summed E-state index contributed by atoms with van der Waals surface area (Å²) in [5.41, 5.74) is 2.73. The van der Waals surface area contributed by atoms with Gasteiger partial charge < -0.3 is 0 Å². The van der Waals surface area contributed by atoms with E-state index in [1.165, 1.54) is 17.6 Å². The molecule has 0 rings (SSSR count). The van der Waals surface area contributed by atoms with Crippen molar-refractivity contribution < 1.29 is 0 Å². The topological polar surface area (TPSA) is 0 Å². The van der Waals surface area contributed by atoms with Crippen molar-refractivity contribution in [2.75, 3.05) is 0 Å². The highest BCUT2D eigenvalue weighted by Gasteiger charge is 2.01. The van der Waals surface area contributed by atoms with E-state index in [1.54, 1.807) is 0 Å². The minimum absolute atomic E-state index is 0.637. The summed E-state index contributed by atoms with van der Waals surface area (Å²) in [6, 6.07) is 0. The van der Waals surface area contributed by atoms with Crippen LogP contribution in [0.1, 0.15) is 34.1 Å². The molecule has 0 bridgehead atoms. The number of rotatable bonds is 4. The van der Waals surface area contributed by atoms with Gasteiger partial charge in [-0.3, -0.25) is 0 Å². The quantitative estimate of drug-likeness (QED) is 0.548.